The molecule has 9 aromatic rings. The summed E-state index contributed by atoms with van der Waals surface area (Å²) in [6, 6.07) is -24.5. The number of benzene rings is 9. The number of amides is 2. The molecule has 150 heavy (non-hydrogen) atoms. The van der Waals surface area contributed by atoms with Gasteiger partial charge >= 0.3 is 47.8 Å². The number of nitro benzene ring substituents is 2. The lowest BCUT2D eigenvalue weighted by molar-refractivity contribution is -0.385. The van der Waals surface area contributed by atoms with Gasteiger partial charge in [-0.05, 0) is 161 Å². The summed E-state index contributed by atoms with van der Waals surface area (Å²) in [6.45, 7) is 8.30. The van der Waals surface area contributed by atoms with E-state index in [9.17, 15) is 96.9 Å². The first kappa shape index (κ1) is 91.1. The number of carboxylic acids is 4. The maximum absolute atomic E-state index is 12.9. The van der Waals surface area contributed by atoms with Crippen LogP contribution in [0.2, 0.25) is 40.2 Å². The van der Waals surface area contributed by atoms with E-state index in [0.717, 1.165) is 6.92 Å². The SMILES string of the molecule is CCOC(=O)C(NC(C)=O)C(=O)OCC.N#CCCl.S.S.[2H]c1c([2H])c(C(=O)CC(N)C(=O)O)c(N)c([2H])c1Cl.[2H]c1c([2H])c(C(=O)CC(NC(C)=O)(C(=O)OCC)C(=O)OCC)c(N)c([2H])c1Cl.[2H]c1c([2H])c(C(=O)CC([2H])(N)C(=O)O)c(N)c([2H])c1Cl.[2H]c1c([2H])c(C(=O)CCl)c(N)c([2H])c1Cl.[2H]c1c([2H])c(C(=O)C[C@H](N)C(=O)O)c(N)c([2H])c1Cl.[2H]c1c([2H])c(C(=O)C[C@]([2H])(N)C(=O)O)c(N)c([2H])c1Cl.[2H]c1c([2H])c(Cl)c([2H])c([N+](=O)[O-])c1[2H].[2H]c1c([2H])c(N)c([2H])c(Cl)c1[2H].[2H]c1c([2H])c([2H])c([N+](=O)[O-])c([2H])c1[2H]. The molecule has 0 aromatic heterocycles. The fourth-order valence-electron chi connectivity index (χ4n) is 8.67. The Bertz CT molecular complexity index is 7570. The molecule has 28 N–H and O–H groups in total. The van der Waals surface area contributed by atoms with Crippen LogP contribution >= 0.6 is 143 Å². The van der Waals surface area contributed by atoms with Crippen LogP contribution in [0.3, 0.4) is 0 Å². The number of nitriles is 1. The molecule has 0 heterocycles. The number of carboxylic acid groups (broad SMARTS) is 4. The lowest BCUT2D eigenvalue weighted by Gasteiger charge is -2.29. The van der Waals surface area contributed by atoms with Gasteiger partial charge in [-0.15, -0.1) is 23.2 Å². The minimum absolute atomic E-state index is 0. The number of nitro groups is 2. The van der Waals surface area contributed by atoms with Crippen molar-refractivity contribution in [2.24, 2.45) is 22.9 Å². The predicted octanol–water partition coefficient (Wildman–Crippen LogP) is 13.8. The fourth-order valence-corrected chi connectivity index (χ4v) is 9.99. The highest BCUT2D eigenvalue weighted by Gasteiger charge is 2.52. The second-order valence-corrected chi connectivity index (χ2v) is 29.4. The molecular formula is C94H108Cl10N16O28S2. The summed E-state index contributed by atoms with van der Waals surface area (Å²) in [5.41, 5.74) is 49.9. The van der Waals surface area contributed by atoms with Crippen molar-refractivity contribution in [1.29, 1.82) is 5.26 Å². The number of aliphatic carboxylic acids is 4. The number of nitrogens with zero attached hydrogens (tertiary/aromatic N) is 3. The highest BCUT2D eigenvalue weighted by Crippen LogP contribution is 2.29. The number of esters is 4. The summed E-state index contributed by atoms with van der Waals surface area (Å²) in [6.07, 6.45) is -4.05. The number of nitrogens with one attached hydrogen (secondary N) is 2. The van der Waals surface area contributed by atoms with E-state index in [0.29, 0.717) is 0 Å². The molecule has 9 rings (SSSR count). The Morgan fingerprint density at radius 2 is 0.667 bits per heavy atom. The first-order valence-electron chi connectivity index (χ1n) is 55.7. The molecule has 0 saturated carbocycles. The smallest absolute Gasteiger partial charge is 0.344 e. The molecule has 0 spiro atoms. The normalized spacial score (nSPS) is 14.1. The molecule has 814 valence electrons. The molecule has 0 saturated heterocycles. The summed E-state index contributed by atoms with van der Waals surface area (Å²) in [5, 5.41) is 64.5. The Kier molecular flexibility index (Phi) is 45.9. The number of Topliss-reactive ketones (excluding diaryl/α,β-unsaturated/α-hetero) is 6. The molecule has 0 bridgehead atoms. The Morgan fingerprint density at radius 1 is 0.393 bits per heavy atom. The molecule has 56 heteroatoms. The van der Waals surface area contributed by atoms with E-state index < -0.39 is 383 Å². The van der Waals surface area contributed by atoms with E-state index in [1.54, 1.807) is 19.9 Å². The number of para-hydroxylation sites is 1. The lowest BCUT2D eigenvalue weighted by Crippen LogP contribution is -2.62. The van der Waals surface area contributed by atoms with Crippen LogP contribution in [-0.4, -0.2) is 198 Å². The van der Waals surface area contributed by atoms with Crippen molar-refractivity contribution < 1.29 is 171 Å². The van der Waals surface area contributed by atoms with Crippen LogP contribution < -0.4 is 73.7 Å². The molecule has 0 radical (unpaired) electrons. The molecular weight excluding hydrogens is 2220 g/mol. The Hall–Kier alpha value is -14.0. The van der Waals surface area contributed by atoms with E-state index in [1.807, 2.05) is 0 Å². The van der Waals surface area contributed by atoms with Crippen molar-refractivity contribution >= 4 is 288 Å². The zero-order valence-electron chi connectivity index (χ0n) is 111. The highest BCUT2D eigenvalue weighted by atomic mass is 35.5. The first-order chi connectivity index (χ1) is 82.9. The van der Waals surface area contributed by atoms with Crippen LogP contribution in [0.15, 0.2) is 187 Å². The number of nitrogens with two attached hydrogens (primary N) is 11. The minimum atomic E-state index is -2.58. The zero-order chi connectivity index (χ0) is 143. The Balaban J connectivity index is -0.000000976. The zero-order valence-corrected chi connectivity index (χ0v) is 87.1. The molecule has 0 aliphatic carbocycles. The third-order valence-corrected chi connectivity index (χ3v) is 16.8. The van der Waals surface area contributed by atoms with Crippen LogP contribution in [0.25, 0.3) is 0 Å². The van der Waals surface area contributed by atoms with Gasteiger partial charge in [0.25, 0.3) is 11.4 Å². The average Bonchev–Trinajstić information content (AvgIpc) is 0.764. The molecule has 44 nitrogen and oxygen atoms in total. The van der Waals surface area contributed by atoms with E-state index >= 15 is 0 Å². The standard InChI is InChI=1S/C17H21ClN2O6.4C10H11ClN2O3.C9H15NO5.C8H7Cl2NO.C6H4ClNO2.C6H6ClN.C6H5NO2.C2H2ClN.2H2S/c1-4-25-15(23)17(20-10(3)21,16(24)26-5-2)9-14(22)12-7-6-11(18)8-13(12)19;4*11-5-1-2-6(7(12)3-5)9(14)4-8(13)10(15)16;1-4-14-8(12)7(10-6(3)11)9(13)15-5-2;9-4-8(12)6-2-1-5(10)3-7(6)11;7-5-2-1-3-6(4-5)8(9)10;7-5-2-1-3-6(8)4-5;8-7(9)6-4-2-1-3-5-6;3-1-2-4;;/h6-8H,4-5,9,19H2,1-3H3,(H,20,21);4*1-3,8H,4,12-13H2,(H,15,16);7H,4-5H2,1-3H3,(H,10,11);1-3H,4,11H2;1-4H;1-4H,8H2;1-5H;1H2;2*1H2/t;2*8-;;;;;;;;;;/m.00........../s1/i6D,7D,8D;1D,2D,3D,8D;1D,2D,3D;1D,2D,3D,8D;1D,2D,3D;;1D,2D,3D;2*1D,2D,3D,4D;1D,2D,3D,4D,5D;;;. The third kappa shape index (κ3) is 56.4. The number of carbonyl (C=O) groups is 16. The number of hydrogen-bond donors (Lipinski definition) is 17. The highest BCUT2D eigenvalue weighted by molar-refractivity contribution is 7.59. The summed E-state index contributed by atoms with van der Waals surface area (Å²) < 4.78 is 263. The molecule has 9 aromatic carbocycles. The molecule has 0 aliphatic heterocycles. The van der Waals surface area contributed by atoms with Crippen molar-refractivity contribution in [3.8, 4) is 6.07 Å². The molecule has 0 aliphatic rings. The maximum Gasteiger partial charge on any atom is 0.344 e. The number of rotatable bonds is 33. The summed E-state index contributed by atoms with van der Waals surface area (Å²) in [4.78, 5) is 203. The topological polar surface area (TPSA) is 811 Å². The van der Waals surface area contributed by atoms with Crippen LogP contribution in [0, 0.1) is 31.6 Å². The Labute approximate surface area is 968 Å². The van der Waals surface area contributed by atoms with Crippen LogP contribution in [-0.2, 0) is 66.9 Å². The number of carbonyl (C=O) groups excluding carboxylic acids is 12. The van der Waals surface area contributed by atoms with Crippen molar-refractivity contribution in [2.75, 3.05) is 78.3 Å². The molecule has 2 amide bonds. The van der Waals surface area contributed by atoms with Crippen LogP contribution in [0.4, 0.5) is 51.2 Å². The number of ketones is 6. The summed E-state index contributed by atoms with van der Waals surface area (Å²) >= 11 is 54.9. The first-order valence-corrected chi connectivity index (χ1v) is 43.3. The molecule has 0 fully saturated rings. The van der Waals surface area contributed by atoms with Crippen molar-refractivity contribution in [3.05, 3.63) is 281 Å². The summed E-state index contributed by atoms with van der Waals surface area (Å²) in [5.74, 6) is -17.1. The minimum Gasteiger partial charge on any atom is -0.480 e. The largest absolute Gasteiger partial charge is 0.480 e. The van der Waals surface area contributed by atoms with Gasteiger partial charge in [0.05, 0.1) is 99.9 Å². The molecule has 4 atom stereocenters. The van der Waals surface area contributed by atoms with E-state index in [4.69, 9.17) is 259 Å². The number of hydrogen-bond acceptors (Lipinski definition) is 36. The number of nitrogen functional groups attached to an aromatic ring is 7. The van der Waals surface area contributed by atoms with Gasteiger partial charge < -0.3 is 113 Å². The predicted molar refractivity (Wildman–Crippen MR) is 582 cm³/mol. The van der Waals surface area contributed by atoms with Crippen molar-refractivity contribution in [2.45, 2.75) is 109 Å². The summed E-state index contributed by atoms with van der Waals surface area (Å²) in [7, 11) is 0. The van der Waals surface area contributed by atoms with Crippen molar-refractivity contribution in [3.63, 3.8) is 0 Å². The van der Waals surface area contributed by atoms with Crippen LogP contribution in [0.5, 0.6) is 0 Å². The van der Waals surface area contributed by atoms with E-state index in [2.05, 4.69) is 20.1 Å². The molecule has 2 unspecified atom stereocenters. The second-order valence-electron chi connectivity index (χ2n) is 25.9. The van der Waals surface area contributed by atoms with Gasteiger partial charge in [0.1, 0.15) is 30.0 Å². The van der Waals surface area contributed by atoms with Gasteiger partial charge in [0, 0.05) is 177 Å². The van der Waals surface area contributed by atoms with Gasteiger partial charge in [-0.1, -0.05) is 123 Å². The van der Waals surface area contributed by atoms with Gasteiger partial charge in [-0.25, -0.2) is 19.2 Å². The number of anilines is 7. The lowest BCUT2D eigenvalue weighted by atomic mass is 9.89. The van der Waals surface area contributed by atoms with Gasteiger partial charge in [-0.3, -0.25) is 77.8 Å². The second kappa shape index (κ2) is 75.7. The van der Waals surface area contributed by atoms with Gasteiger partial charge in [0.2, 0.25) is 23.4 Å². The number of ether oxygens (including phenoxy) is 4. The average molecular weight is 2360 g/mol. The fraction of sp³-hybridized carbons (Fsp3) is 0.245. The quantitative estimate of drug-likeness (QED) is 0.00265. The van der Waals surface area contributed by atoms with E-state index in [-0.39, 0.29) is 166 Å². The number of halogens is 10. The monoisotopic (exact) mass is 2360 g/mol. The van der Waals surface area contributed by atoms with E-state index in [1.165, 1.54) is 20.8 Å². The van der Waals surface area contributed by atoms with Crippen LogP contribution in [0.1, 0.15) is 181 Å². The maximum atomic E-state index is 12.9. The Morgan fingerprint density at radius 3 is 0.933 bits per heavy atom. The van der Waals surface area contributed by atoms with Gasteiger partial charge in [-0.2, -0.15) is 32.3 Å². The van der Waals surface area contributed by atoms with Gasteiger partial charge in [0.15, 0.2) is 34.7 Å². The number of alkyl halides is 2. The third-order valence-electron chi connectivity index (χ3n) is 14.9. The van der Waals surface area contributed by atoms with Crippen molar-refractivity contribution in [1.82, 2.24) is 10.6 Å².